The predicted molar refractivity (Wildman–Crippen MR) is 68.8 cm³/mol. The van der Waals surface area contributed by atoms with E-state index in [9.17, 15) is 4.21 Å². The van der Waals surface area contributed by atoms with Crippen LogP contribution in [0.2, 0.25) is 0 Å². The summed E-state index contributed by atoms with van der Waals surface area (Å²) in [5.74, 6) is 0.589. The molecule has 0 aliphatic carbocycles. The van der Waals surface area contributed by atoms with Crippen LogP contribution in [-0.2, 0) is 16.6 Å². The van der Waals surface area contributed by atoms with Crippen LogP contribution in [-0.4, -0.2) is 19.2 Å². The lowest BCUT2D eigenvalue weighted by Gasteiger charge is -2.10. The molecule has 92 valence electrons. The van der Waals surface area contributed by atoms with Gasteiger partial charge in [0.25, 0.3) is 0 Å². The SMILES string of the molecule is CCC(CC)[S@@](=O)Cc1ccn(C(C)C)n1. The Morgan fingerprint density at radius 3 is 2.44 bits per heavy atom. The molecular formula is C12H22N2OS. The van der Waals surface area contributed by atoms with Crippen LogP contribution in [0.25, 0.3) is 0 Å². The maximum absolute atomic E-state index is 12.0. The van der Waals surface area contributed by atoms with Crippen LogP contribution in [0.5, 0.6) is 0 Å². The smallest absolute Gasteiger partial charge is 0.0749 e. The molecule has 0 amide bonds. The van der Waals surface area contributed by atoms with Gasteiger partial charge in [0.15, 0.2) is 0 Å². The molecular weight excluding hydrogens is 220 g/mol. The van der Waals surface area contributed by atoms with Gasteiger partial charge in [-0.25, -0.2) is 0 Å². The summed E-state index contributed by atoms with van der Waals surface area (Å²) < 4.78 is 13.9. The Kier molecular flexibility index (Phi) is 5.19. The molecule has 3 nitrogen and oxygen atoms in total. The molecule has 0 bridgehead atoms. The summed E-state index contributed by atoms with van der Waals surface area (Å²) in [7, 11) is -0.785. The Morgan fingerprint density at radius 2 is 2.00 bits per heavy atom. The molecule has 1 aromatic heterocycles. The number of rotatable bonds is 6. The van der Waals surface area contributed by atoms with E-state index in [1.807, 2.05) is 16.9 Å². The van der Waals surface area contributed by atoms with Crippen molar-refractivity contribution < 1.29 is 4.21 Å². The van der Waals surface area contributed by atoms with Crippen LogP contribution in [0.4, 0.5) is 0 Å². The van der Waals surface area contributed by atoms with E-state index in [2.05, 4.69) is 32.8 Å². The van der Waals surface area contributed by atoms with Crippen molar-refractivity contribution in [2.24, 2.45) is 0 Å². The first kappa shape index (κ1) is 13.4. The van der Waals surface area contributed by atoms with E-state index < -0.39 is 10.8 Å². The van der Waals surface area contributed by atoms with Crippen molar-refractivity contribution in [3.63, 3.8) is 0 Å². The van der Waals surface area contributed by atoms with Gasteiger partial charge in [-0.05, 0) is 32.8 Å². The highest BCUT2D eigenvalue weighted by Crippen LogP contribution is 2.12. The molecule has 1 heterocycles. The number of hydrogen-bond acceptors (Lipinski definition) is 2. The van der Waals surface area contributed by atoms with Gasteiger partial charge in [0.2, 0.25) is 0 Å². The molecule has 0 aliphatic rings. The fraction of sp³-hybridized carbons (Fsp3) is 0.750. The Labute approximate surface area is 101 Å². The standard InChI is InChI=1S/C12H22N2OS/c1-5-12(6-2)16(15)9-11-7-8-14(13-11)10(3)4/h7-8,10,12H,5-6,9H2,1-4H3/t16-/m0/s1. The van der Waals surface area contributed by atoms with Gasteiger partial charge in [-0.2, -0.15) is 5.10 Å². The first-order chi connectivity index (χ1) is 7.58. The van der Waals surface area contributed by atoms with Crippen molar-refractivity contribution in [1.82, 2.24) is 9.78 Å². The zero-order valence-electron chi connectivity index (χ0n) is 10.6. The topological polar surface area (TPSA) is 34.9 Å². The van der Waals surface area contributed by atoms with Crippen molar-refractivity contribution in [2.75, 3.05) is 0 Å². The first-order valence-electron chi connectivity index (χ1n) is 5.99. The van der Waals surface area contributed by atoms with Crippen molar-refractivity contribution in [1.29, 1.82) is 0 Å². The van der Waals surface area contributed by atoms with E-state index in [0.717, 1.165) is 18.5 Å². The second kappa shape index (κ2) is 6.18. The molecule has 16 heavy (non-hydrogen) atoms. The van der Waals surface area contributed by atoms with E-state index in [-0.39, 0.29) is 0 Å². The highest BCUT2D eigenvalue weighted by Gasteiger charge is 2.14. The van der Waals surface area contributed by atoms with Gasteiger partial charge >= 0.3 is 0 Å². The molecule has 4 heteroatoms. The van der Waals surface area contributed by atoms with Crippen molar-refractivity contribution >= 4 is 10.8 Å². The second-order valence-corrected chi connectivity index (χ2v) is 6.06. The Hall–Kier alpha value is -0.640. The largest absolute Gasteiger partial charge is 0.270 e. The van der Waals surface area contributed by atoms with Gasteiger partial charge in [0.1, 0.15) is 0 Å². The second-order valence-electron chi connectivity index (χ2n) is 4.34. The molecule has 0 N–H and O–H groups in total. The van der Waals surface area contributed by atoms with E-state index in [1.165, 1.54) is 0 Å². The highest BCUT2D eigenvalue weighted by atomic mass is 32.2. The summed E-state index contributed by atoms with van der Waals surface area (Å²) >= 11 is 0. The average Bonchev–Trinajstić information content (AvgIpc) is 2.68. The van der Waals surface area contributed by atoms with E-state index in [1.54, 1.807) is 0 Å². The van der Waals surface area contributed by atoms with Gasteiger partial charge in [-0.3, -0.25) is 8.89 Å². The van der Waals surface area contributed by atoms with Crippen LogP contribution in [0, 0.1) is 0 Å². The molecule has 0 aromatic carbocycles. The Balaban J connectivity index is 2.62. The molecule has 0 fully saturated rings. The van der Waals surface area contributed by atoms with E-state index in [0.29, 0.717) is 17.0 Å². The lowest BCUT2D eigenvalue weighted by Crippen LogP contribution is -2.15. The summed E-state index contributed by atoms with van der Waals surface area (Å²) in [6, 6.07) is 2.34. The number of nitrogens with zero attached hydrogens (tertiary/aromatic N) is 2. The molecule has 1 atom stereocenters. The van der Waals surface area contributed by atoms with Gasteiger partial charge in [0.05, 0.1) is 11.4 Å². The van der Waals surface area contributed by atoms with Gasteiger partial charge in [-0.15, -0.1) is 0 Å². The molecule has 1 rings (SSSR count). The average molecular weight is 242 g/mol. The lowest BCUT2D eigenvalue weighted by atomic mass is 10.3. The first-order valence-corrected chi connectivity index (χ1v) is 7.37. The molecule has 0 spiro atoms. The van der Waals surface area contributed by atoms with E-state index >= 15 is 0 Å². The van der Waals surface area contributed by atoms with Crippen molar-refractivity contribution in [3.8, 4) is 0 Å². The third-order valence-electron chi connectivity index (χ3n) is 2.77. The normalized spacial score (nSPS) is 13.6. The quantitative estimate of drug-likeness (QED) is 0.769. The monoisotopic (exact) mass is 242 g/mol. The van der Waals surface area contributed by atoms with Crippen LogP contribution in [0.15, 0.2) is 12.3 Å². The molecule has 0 aliphatic heterocycles. The fourth-order valence-electron chi connectivity index (χ4n) is 1.67. The minimum Gasteiger partial charge on any atom is -0.270 e. The minimum atomic E-state index is -0.785. The zero-order chi connectivity index (χ0) is 12.1. The third kappa shape index (κ3) is 3.44. The summed E-state index contributed by atoms with van der Waals surface area (Å²) in [4.78, 5) is 0. The Bertz CT molecular complexity index is 343. The molecule has 0 saturated heterocycles. The van der Waals surface area contributed by atoms with Crippen LogP contribution in [0.1, 0.15) is 52.3 Å². The number of aromatic nitrogens is 2. The predicted octanol–water partition coefficient (Wildman–Crippen LogP) is 2.90. The maximum atomic E-state index is 12.0. The van der Waals surface area contributed by atoms with Crippen molar-refractivity contribution in [3.05, 3.63) is 18.0 Å². The van der Waals surface area contributed by atoms with Crippen LogP contribution < -0.4 is 0 Å². The summed E-state index contributed by atoms with van der Waals surface area (Å²) in [6.45, 7) is 8.38. The van der Waals surface area contributed by atoms with Crippen LogP contribution >= 0.6 is 0 Å². The summed E-state index contributed by atoms with van der Waals surface area (Å²) in [5.41, 5.74) is 0.943. The zero-order valence-corrected chi connectivity index (χ0v) is 11.5. The minimum absolute atomic E-state index is 0.309. The van der Waals surface area contributed by atoms with Crippen LogP contribution in [0.3, 0.4) is 0 Å². The molecule has 0 saturated carbocycles. The fourth-order valence-corrected chi connectivity index (χ4v) is 3.09. The molecule has 1 aromatic rings. The van der Waals surface area contributed by atoms with Gasteiger partial charge in [-0.1, -0.05) is 13.8 Å². The molecule has 0 unspecified atom stereocenters. The highest BCUT2D eigenvalue weighted by molar-refractivity contribution is 7.84. The summed E-state index contributed by atoms with van der Waals surface area (Å²) in [5, 5.41) is 4.73. The van der Waals surface area contributed by atoms with Gasteiger partial charge in [0, 0.05) is 28.3 Å². The van der Waals surface area contributed by atoms with Gasteiger partial charge < -0.3 is 0 Å². The summed E-state index contributed by atoms with van der Waals surface area (Å²) in [6.07, 6.45) is 3.92. The number of hydrogen-bond donors (Lipinski definition) is 0. The van der Waals surface area contributed by atoms with E-state index in [4.69, 9.17) is 0 Å². The third-order valence-corrected chi connectivity index (χ3v) is 4.76. The Morgan fingerprint density at radius 1 is 1.38 bits per heavy atom. The maximum Gasteiger partial charge on any atom is 0.0749 e. The lowest BCUT2D eigenvalue weighted by molar-refractivity contribution is 0.528. The molecule has 0 radical (unpaired) electrons. The van der Waals surface area contributed by atoms with Crippen molar-refractivity contribution in [2.45, 2.75) is 57.6 Å².